The smallest absolute Gasteiger partial charge is 0.161 e. The SMILES string of the molecule is c1ccc(-c2ccc(N(c3ccccc3-c3ccccc3)c3ccc(N(c4ccccc4)c4ccccc4-c4ccccc4)c4c3oc3cc5ccccc5cc34)cc2)cc1. The van der Waals surface area contributed by atoms with Gasteiger partial charge in [0.05, 0.1) is 28.1 Å². The highest BCUT2D eigenvalue weighted by Crippen LogP contribution is 2.51. The van der Waals surface area contributed by atoms with E-state index in [2.05, 4.69) is 252 Å². The third kappa shape index (κ3) is 6.59. The third-order valence-corrected chi connectivity index (χ3v) is 11.6. The summed E-state index contributed by atoms with van der Waals surface area (Å²) in [5, 5.41) is 4.38. The van der Waals surface area contributed by atoms with Crippen molar-refractivity contribution in [1.29, 1.82) is 0 Å². The summed E-state index contributed by atoms with van der Waals surface area (Å²) in [6, 6.07) is 86.4. The molecule has 0 amide bonds. The van der Waals surface area contributed by atoms with Crippen LogP contribution in [0.25, 0.3) is 66.1 Å². The standard InChI is InChI=1S/C58H40N2O/c1-5-19-41(20-6-1)42-33-35-48(36-34-42)60(53-32-18-16-30-50(53)44-23-9-3-10-24-44)55-38-37-54(57-51-39-45-25-13-14-26-46(45)40-56(51)61-58(55)57)59(47-27-11-4-12-28-47)52-31-17-15-29-49(52)43-21-7-2-8-22-43/h1-40H. The van der Waals surface area contributed by atoms with E-state index in [0.29, 0.717) is 0 Å². The van der Waals surface area contributed by atoms with Gasteiger partial charge in [-0.2, -0.15) is 0 Å². The van der Waals surface area contributed by atoms with E-state index in [1.807, 2.05) is 0 Å². The van der Waals surface area contributed by atoms with Crippen LogP contribution in [0, 0.1) is 0 Å². The van der Waals surface area contributed by atoms with Crippen LogP contribution in [0.4, 0.5) is 34.1 Å². The zero-order chi connectivity index (χ0) is 40.5. The summed E-state index contributed by atoms with van der Waals surface area (Å²) in [5.74, 6) is 0. The number of nitrogens with zero attached hydrogens (tertiary/aromatic N) is 2. The van der Waals surface area contributed by atoms with Crippen molar-refractivity contribution in [3.8, 4) is 33.4 Å². The van der Waals surface area contributed by atoms with Crippen molar-refractivity contribution in [3.63, 3.8) is 0 Å². The van der Waals surface area contributed by atoms with Crippen LogP contribution < -0.4 is 9.80 Å². The first-order chi connectivity index (χ1) is 30.3. The summed E-state index contributed by atoms with van der Waals surface area (Å²) >= 11 is 0. The first kappa shape index (κ1) is 36.0. The van der Waals surface area contributed by atoms with Crippen LogP contribution in [0.3, 0.4) is 0 Å². The molecule has 0 fully saturated rings. The van der Waals surface area contributed by atoms with E-state index < -0.39 is 0 Å². The van der Waals surface area contributed by atoms with Crippen molar-refractivity contribution in [2.24, 2.45) is 0 Å². The quantitative estimate of drug-likeness (QED) is 0.145. The Morgan fingerprint density at radius 3 is 1.31 bits per heavy atom. The molecule has 0 atom stereocenters. The molecule has 0 saturated heterocycles. The summed E-state index contributed by atoms with van der Waals surface area (Å²) in [6.07, 6.45) is 0. The number of hydrogen-bond donors (Lipinski definition) is 0. The molecule has 0 unspecified atom stereocenters. The van der Waals surface area contributed by atoms with Crippen molar-refractivity contribution in [3.05, 3.63) is 243 Å². The lowest BCUT2D eigenvalue weighted by Gasteiger charge is -2.31. The van der Waals surface area contributed by atoms with Gasteiger partial charge in [0.2, 0.25) is 0 Å². The molecule has 0 aliphatic carbocycles. The number of anilines is 6. The van der Waals surface area contributed by atoms with E-state index in [4.69, 9.17) is 4.42 Å². The van der Waals surface area contributed by atoms with Gasteiger partial charge in [0.1, 0.15) is 5.58 Å². The zero-order valence-electron chi connectivity index (χ0n) is 33.4. The minimum Gasteiger partial charge on any atom is -0.454 e. The van der Waals surface area contributed by atoms with E-state index >= 15 is 0 Å². The molecule has 0 spiro atoms. The molecule has 0 aliphatic heterocycles. The van der Waals surface area contributed by atoms with Gasteiger partial charge in [-0.15, -0.1) is 0 Å². The van der Waals surface area contributed by atoms with Crippen LogP contribution in [0.5, 0.6) is 0 Å². The van der Waals surface area contributed by atoms with Crippen LogP contribution in [0.15, 0.2) is 247 Å². The Kier molecular flexibility index (Phi) is 9.18. The Hall–Kier alpha value is -8.14. The molecule has 11 aromatic rings. The highest BCUT2D eigenvalue weighted by Gasteiger charge is 2.27. The Bertz CT molecular complexity index is 3290. The maximum atomic E-state index is 7.26. The van der Waals surface area contributed by atoms with E-state index in [-0.39, 0.29) is 0 Å². The van der Waals surface area contributed by atoms with Crippen molar-refractivity contribution in [2.45, 2.75) is 0 Å². The van der Waals surface area contributed by atoms with Gasteiger partial charge in [0, 0.05) is 27.9 Å². The van der Waals surface area contributed by atoms with E-state index in [1.54, 1.807) is 0 Å². The molecule has 0 N–H and O–H groups in total. The summed E-state index contributed by atoms with van der Waals surface area (Å²) in [4.78, 5) is 4.77. The van der Waals surface area contributed by atoms with Gasteiger partial charge >= 0.3 is 0 Å². The molecule has 3 heteroatoms. The van der Waals surface area contributed by atoms with Gasteiger partial charge in [-0.25, -0.2) is 0 Å². The van der Waals surface area contributed by atoms with Crippen molar-refractivity contribution in [2.75, 3.05) is 9.80 Å². The normalized spacial score (nSPS) is 11.3. The van der Waals surface area contributed by atoms with Crippen molar-refractivity contribution in [1.82, 2.24) is 0 Å². The second-order valence-corrected chi connectivity index (χ2v) is 15.3. The van der Waals surface area contributed by atoms with E-state index in [1.165, 1.54) is 5.56 Å². The molecule has 1 aromatic heterocycles. The lowest BCUT2D eigenvalue weighted by molar-refractivity contribution is 0.669. The Balaban J connectivity index is 1.22. The topological polar surface area (TPSA) is 19.6 Å². The first-order valence-electron chi connectivity index (χ1n) is 20.8. The summed E-state index contributed by atoms with van der Waals surface area (Å²) < 4.78 is 7.26. The fraction of sp³-hybridized carbons (Fsp3) is 0. The van der Waals surface area contributed by atoms with E-state index in [0.717, 1.165) is 94.7 Å². The number of para-hydroxylation sites is 3. The Morgan fingerprint density at radius 2 is 0.721 bits per heavy atom. The third-order valence-electron chi connectivity index (χ3n) is 11.6. The van der Waals surface area contributed by atoms with Crippen LogP contribution >= 0.6 is 0 Å². The Morgan fingerprint density at radius 1 is 0.295 bits per heavy atom. The monoisotopic (exact) mass is 780 g/mol. The van der Waals surface area contributed by atoms with Gasteiger partial charge in [-0.1, -0.05) is 182 Å². The molecule has 10 aromatic carbocycles. The average molecular weight is 781 g/mol. The minimum atomic E-state index is 0.802. The maximum absolute atomic E-state index is 7.26. The predicted octanol–water partition coefficient (Wildman–Crippen LogP) is 16.7. The highest BCUT2D eigenvalue weighted by atomic mass is 16.3. The summed E-state index contributed by atoms with van der Waals surface area (Å²) in [5.41, 5.74) is 14.7. The van der Waals surface area contributed by atoms with Gasteiger partial charge in [0.25, 0.3) is 0 Å². The number of hydrogen-bond acceptors (Lipinski definition) is 3. The second-order valence-electron chi connectivity index (χ2n) is 15.3. The average Bonchev–Trinajstić information content (AvgIpc) is 3.72. The molecule has 3 nitrogen and oxygen atoms in total. The molecule has 1 heterocycles. The second kappa shape index (κ2) is 15.6. The van der Waals surface area contributed by atoms with Gasteiger partial charge in [-0.3, -0.25) is 0 Å². The highest BCUT2D eigenvalue weighted by molar-refractivity contribution is 6.20. The largest absolute Gasteiger partial charge is 0.454 e. The molecule has 288 valence electrons. The first-order valence-corrected chi connectivity index (χ1v) is 20.8. The van der Waals surface area contributed by atoms with Gasteiger partial charge < -0.3 is 14.2 Å². The molecule has 0 aliphatic rings. The fourth-order valence-corrected chi connectivity index (χ4v) is 8.78. The van der Waals surface area contributed by atoms with Gasteiger partial charge in [-0.05, 0) is 93.7 Å². The van der Waals surface area contributed by atoms with Crippen LogP contribution in [0.2, 0.25) is 0 Å². The predicted molar refractivity (Wildman–Crippen MR) is 257 cm³/mol. The molecule has 0 radical (unpaired) electrons. The number of benzene rings is 10. The molecule has 11 rings (SSSR count). The lowest BCUT2D eigenvalue weighted by atomic mass is 9.99. The number of furan rings is 1. The van der Waals surface area contributed by atoms with Crippen LogP contribution in [0.1, 0.15) is 0 Å². The van der Waals surface area contributed by atoms with Crippen molar-refractivity contribution < 1.29 is 4.42 Å². The molecule has 0 saturated carbocycles. The molecular weight excluding hydrogens is 741 g/mol. The van der Waals surface area contributed by atoms with Crippen LogP contribution in [-0.4, -0.2) is 0 Å². The number of rotatable bonds is 9. The van der Waals surface area contributed by atoms with Crippen LogP contribution in [-0.2, 0) is 0 Å². The van der Waals surface area contributed by atoms with Gasteiger partial charge in [0.15, 0.2) is 5.58 Å². The Labute approximate surface area is 355 Å². The van der Waals surface area contributed by atoms with Crippen molar-refractivity contribution >= 4 is 66.8 Å². The fourth-order valence-electron chi connectivity index (χ4n) is 8.78. The number of fused-ring (bicyclic) bond motifs is 4. The molecule has 0 bridgehead atoms. The maximum Gasteiger partial charge on any atom is 0.161 e. The lowest BCUT2D eigenvalue weighted by Crippen LogP contribution is -2.14. The summed E-state index contributed by atoms with van der Waals surface area (Å²) in [6.45, 7) is 0. The molecule has 61 heavy (non-hydrogen) atoms. The minimum absolute atomic E-state index is 0.802. The zero-order valence-corrected chi connectivity index (χ0v) is 33.4. The molecular formula is C58H40N2O. The summed E-state index contributed by atoms with van der Waals surface area (Å²) in [7, 11) is 0. The van der Waals surface area contributed by atoms with E-state index in [9.17, 15) is 0 Å².